The fourth-order valence-electron chi connectivity index (χ4n) is 3.20. The summed E-state index contributed by atoms with van der Waals surface area (Å²) >= 11 is 0. The van der Waals surface area contributed by atoms with Crippen molar-refractivity contribution >= 4 is 11.7 Å². The van der Waals surface area contributed by atoms with Crippen molar-refractivity contribution in [2.45, 2.75) is 26.0 Å². The summed E-state index contributed by atoms with van der Waals surface area (Å²) < 4.78 is 7.72. The Labute approximate surface area is 152 Å². The lowest BCUT2D eigenvalue weighted by Crippen LogP contribution is -2.51. The highest BCUT2D eigenvalue weighted by molar-refractivity contribution is 5.78. The van der Waals surface area contributed by atoms with Gasteiger partial charge in [0.05, 0.1) is 5.56 Å². The number of hydrogen-bond acceptors (Lipinski definition) is 6. The van der Waals surface area contributed by atoms with Crippen LogP contribution in [0.25, 0.3) is 0 Å². The van der Waals surface area contributed by atoms with E-state index < -0.39 is 0 Å². The molecule has 26 heavy (non-hydrogen) atoms. The molecule has 3 heterocycles. The maximum atomic E-state index is 12.3. The highest BCUT2D eigenvalue weighted by Crippen LogP contribution is 2.29. The van der Waals surface area contributed by atoms with E-state index in [0.717, 1.165) is 11.5 Å². The molecule has 136 valence electrons. The van der Waals surface area contributed by atoms with Crippen LogP contribution in [-0.4, -0.2) is 51.1 Å². The molecule has 1 amide bonds. The van der Waals surface area contributed by atoms with E-state index in [9.17, 15) is 10.1 Å². The number of ether oxygens (including phenoxy) is 1. The van der Waals surface area contributed by atoms with Crippen LogP contribution in [-0.2, 0) is 16.6 Å². The first-order valence-electron chi connectivity index (χ1n) is 8.55. The number of hydrogen-bond donors (Lipinski definition) is 1. The van der Waals surface area contributed by atoms with Crippen molar-refractivity contribution in [2.24, 2.45) is 7.05 Å². The topological polar surface area (TPSA) is 96.1 Å². The van der Waals surface area contributed by atoms with Gasteiger partial charge in [-0.2, -0.15) is 5.26 Å². The fourth-order valence-corrected chi connectivity index (χ4v) is 3.20. The van der Waals surface area contributed by atoms with E-state index in [2.05, 4.69) is 21.4 Å². The van der Waals surface area contributed by atoms with Gasteiger partial charge in [0.1, 0.15) is 36.5 Å². The molecule has 1 fully saturated rings. The highest BCUT2D eigenvalue weighted by atomic mass is 16.5. The molecule has 1 saturated heterocycles. The molecule has 8 nitrogen and oxygen atoms in total. The summed E-state index contributed by atoms with van der Waals surface area (Å²) in [4.78, 5) is 22.9. The Morgan fingerprint density at radius 3 is 2.92 bits per heavy atom. The molecule has 0 bridgehead atoms. The summed E-state index contributed by atoms with van der Waals surface area (Å²) in [5, 5.41) is 12.5. The number of likely N-dealkylation sites (N-methyl/N-ethyl adjacent to an activating group) is 1. The molecule has 0 saturated carbocycles. The Kier molecular flexibility index (Phi) is 5.19. The van der Waals surface area contributed by atoms with Gasteiger partial charge in [0.2, 0.25) is 5.91 Å². The largest absolute Gasteiger partial charge is 0.366 e. The number of pyridine rings is 1. The number of nitrogens with zero attached hydrogens (tertiary/aromatic N) is 5. The summed E-state index contributed by atoms with van der Waals surface area (Å²) in [6, 6.07) is 5.38. The molecule has 0 unspecified atom stereocenters. The van der Waals surface area contributed by atoms with Gasteiger partial charge in [-0.3, -0.25) is 4.79 Å². The SMILES string of the molecule is CCN1C(=O)CO[C@@H](CNc2nc(C)ccc2C#N)[C@@H]1c1nccn1C. The van der Waals surface area contributed by atoms with Crippen molar-refractivity contribution in [3.05, 3.63) is 41.6 Å². The Balaban J connectivity index is 1.86. The van der Waals surface area contributed by atoms with E-state index in [1.54, 1.807) is 23.2 Å². The Morgan fingerprint density at radius 2 is 2.27 bits per heavy atom. The van der Waals surface area contributed by atoms with Crippen LogP contribution < -0.4 is 5.32 Å². The summed E-state index contributed by atoms with van der Waals surface area (Å²) in [5.41, 5.74) is 1.30. The molecule has 8 heteroatoms. The van der Waals surface area contributed by atoms with Crippen LogP contribution in [0.2, 0.25) is 0 Å². The molecular weight excluding hydrogens is 332 g/mol. The molecule has 2 aromatic heterocycles. The standard InChI is InChI=1S/C18H22N6O2/c1-4-24-15(25)11-26-14(16(24)18-20-7-8-23(18)3)10-21-17-13(9-19)6-5-12(2)22-17/h5-8,14,16H,4,10-11H2,1-3H3,(H,21,22)/t14-,16+/m0/s1. The monoisotopic (exact) mass is 354 g/mol. The zero-order valence-electron chi connectivity index (χ0n) is 15.1. The van der Waals surface area contributed by atoms with Gasteiger partial charge in [-0.25, -0.2) is 9.97 Å². The average Bonchev–Trinajstić information content (AvgIpc) is 3.06. The number of amides is 1. The van der Waals surface area contributed by atoms with Gasteiger partial charge < -0.3 is 19.5 Å². The first-order chi connectivity index (χ1) is 12.5. The maximum absolute atomic E-state index is 12.3. The van der Waals surface area contributed by atoms with Gasteiger partial charge in [0, 0.05) is 38.2 Å². The lowest BCUT2D eigenvalue weighted by atomic mass is 10.1. The van der Waals surface area contributed by atoms with E-state index in [1.807, 2.05) is 31.7 Å². The van der Waals surface area contributed by atoms with Crippen molar-refractivity contribution in [1.82, 2.24) is 19.4 Å². The lowest BCUT2D eigenvalue weighted by molar-refractivity contribution is -0.156. The van der Waals surface area contributed by atoms with E-state index in [4.69, 9.17) is 4.74 Å². The summed E-state index contributed by atoms with van der Waals surface area (Å²) in [6.07, 6.45) is 3.26. The third-order valence-corrected chi connectivity index (χ3v) is 4.52. The molecule has 3 rings (SSSR count). The van der Waals surface area contributed by atoms with Gasteiger partial charge in [-0.1, -0.05) is 0 Å². The Bertz CT molecular complexity index is 840. The first-order valence-corrected chi connectivity index (χ1v) is 8.55. The number of carbonyl (C=O) groups excluding carboxylic acids is 1. The smallest absolute Gasteiger partial charge is 0.249 e. The molecule has 1 aliphatic heterocycles. The zero-order chi connectivity index (χ0) is 18.7. The Hall–Kier alpha value is -2.92. The molecule has 1 aliphatic rings. The van der Waals surface area contributed by atoms with Crippen LogP contribution in [0.4, 0.5) is 5.82 Å². The third kappa shape index (κ3) is 3.39. The van der Waals surface area contributed by atoms with Gasteiger partial charge in [0.15, 0.2) is 0 Å². The second-order valence-corrected chi connectivity index (χ2v) is 6.21. The molecular formula is C18H22N6O2. The Morgan fingerprint density at radius 1 is 1.46 bits per heavy atom. The van der Waals surface area contributed by atoms with Gasteiger partial charge in [-0.15, -0.1) is 0 Å². The average molecular weight is 354 g/mol. The molecule has 2 atom stereocenters. The highest BCUT2D eigenvalue weighted by Gasteiger charge is 2.39. The molecule has 0 radical (unpaired) electrons. The van der Waals surface area contributed by atoms with Crippen molar-refractivity contribution in [2.75, 3.05) is 25.0 Å². The fraction of sp³-hybridized carbons (Fsp3) is 0.444. The first kappa shape index (κ1) is 17.9. The minimum atomic E-state index is -0.303. The minimum absolute atomic E-state index is 0.0352. The van der Waals surface area contributed by atoms with Crippen molar-refractivity contribution in [3.63, 3.8) is 0 Å². The van der Waals surface area contributed by atoms with Gasteiger partial charge in [-0.05, 0) is 26.0 Å². The van der Waals surface area contributed by atoms with Crippen molar-refractivity contribution < 1.29 is 9.53 Å². The number of rotatable bonds is 5. The van der Waals surface area contributed by atoms with E-state index in [-0.39, 0.29) is 24.7 Å². The van der Waals surface area contributed by atoms with Crippen LogP contribution in [0.15, 0.2) is 24.5 Å². The molecule has 0 spiro atoms. The van der Waals surface area contributed by atoms with Crippen LogP contribution in [0.5, 0.6) is 0 Å². The third-order valence-electron chi connectivity index (χ3n) is 4.52. The van der Waals surface area contributed by atoms with Crippen LogP contribution in [0.1, 0.15) is 30.0 Å². The molecule has 2 aromatic rings. The quantitative estimate of drug-likeness (QED) is 0.872. The van der Waals surface area contributed by atoms with E-state index in [0.29, 0.717) is 24.5 Å². The number of morpholine rings is 1. The normalized spacial score (nSPS) is 20.1. The number of imidazole rings is 1. The number of aryl methyl sites for hydroxylation is 2. The molecule has 1 N–H and O–H groups in total. The second-order valence-electron chi connectivity index (χ2n) is 6.21. The van der Waals surface area contributed by atoms with Gasteiger partial charge >= 0.3 is 0 Å². The van der Waals surface area contributed by atoms with E-state index >= 15 is 0 Å². The molecule has 0 aromatic carbocycles. The second kappa shape index (κ2) is 7.54. The van der Waals surface area contributed by atoms with Crippen LogP contribution in [0, 0.1) is 18.3 Å². The number of anilines is 1. The summed E-state index contributed by atoms with van der Waals surface area (Å²) in [5.74, 6) is 1.24. The van der Waals surface area contributed by atoms with Crippen LogP contribution in [0.3, 0.4) is 0 Å². The molecule has 0 aliphatic carbocycles. The number of nitriles is 1. The predicted molar refractivity (Wildman–Crippen MR) is 95.3 cm³/mol. The number of aromatic nitrogens is 3. The van der Waals surface area contributed by atoms with Crippen molar-refractivity contribution in [3.8, 4) is 6.07 Å². The minimum Gasteiger partial charge on any atom is -0.366 e. The number of carbonyl (C=O) groups is 1. The zero-order valence-corrected chi connectivity index (χ0v) is 15.1. The van der Waals surface area contributed by atoms with Crippen LogP contribution >= 0.6 is 0 Å². The predicted octanol–water partition coefficient (Wildman–Crippen LogP) is 1.40. The summed E-state index contributed by atoms with van der Waals surface area (Å²) in [7, 11) is 1.90. The van der Waals surface area contributed by atoms with E-state index in [1.165, 1.54) is 0 Å². The van der Waals surface area contributed by atoms with Gasteiger partial charge in [0.25, 0.3) is 0 Å². The maximum Gasteiger partial charge on any atom is 0.249 e. The summed E-state index contributed by atoms with van der Waals surface area (Å²) in [6.45, 7) is 4.83. The van der Waals surface area contributed by atoms with Crippen molar-refractivity contribution in [1.29, 1.82) is 5.26 Å². The lowest BCUT2D eigenvalue weighted by Gasteiger charge is -2.40. The number of nitrogens with one attached hydrogen (secondary N) is 1.